The van der Waals surface area contributed by atoms with Crippen LogP contribution in [-0.2, 0) is 0 Å². The summed E-state index contributed by atoms with van der Waals surface area (Å²) in [5, 5.41) is 10.6. The molecule has 0 saturated heterocycles. The van der Waals surface area contributed by atoms with Crippen LogP contribution in [-0.4, -0.2) is 4.92 Å². The van der Waals surface area contributed by atoms with Crippen LogP contribution in [0, 0.1) is 17.0 Å². The standard InChI is InChI=1S/C13H12N2O2/c1-9-8-10(15(16)17)6-7-11(9)12-4-2-3-5-13(12)14/h2-8H,14H2,1H3. The molecule has 0 fully saturated rings. The lowest BCUT2D eigenvalue weighted by Crippen LogP contribution is -1.93. The van der Waals surface area contributed by atoms with Gasteiger partial charge in [-0.1, -0.05) is 18.2 Å². The first-order valence-corrected chi connectivity index (χ1v) is 5.19. The van der Waals surface area contributed by atoms with Crippen molar-refractivity contribution in [1.29, 1.82) is 0 Å². The number of hydrogen-bond acceptors (Lipinski definition) is 3. The number of nitro benzene ring substituents is 1. The van der Waals surface area contributed by atoms with Crippen molar-refractivity contribution in [2.45, 2.75) is 6.92 Å². The molecule has 0 saturated carbocycles. The number of nitrogen functional groups attached to an aromatic ring is 1. The molecule has 0 aliphatic heterocycles. The normalized spacial score (nSPS) is 10.2. The molecule has 2 N–H and O–H groups in total. The summed E-state index contributed by atoms with van der Waals surface area (Å²) in [7, 11) is 0. The fourth-order valence-corrected chi connectivity index (χ4v) is 1.81. The Labute approximate surface area is 98.8 Å². The molecule has 0 aromatic heterocycles. The number of non-ortho nitro benzene ring substituents is 1. The molecule has 86 valence electrons. The van der Waals surface area contributed by atoms with E-state index < -0.39 is 4.92 Å². The SMILES string of the molecule is Cc1cc([N+](=O)[O-])ccc1-c1ccccc1N. The molecule has 4 nitrogen and oxygen atoms in total. The van der Waals surface area contributed by atoms with Crippen LogP contribution in [0.3, 0.4) is 0 Å². The zero-order chi connectivity index (χ0) is 12.4. The Morgan fingerprint density at radius 2 is 1.82 bits per heavy atom. The van der Waals surface area contributed by atoms with Crippen LogP contribution in [0.4, 0.5) is 11.4 Å². The highest BCUT2D eigenvalue weighted by molar-refractivity contribution is 5.78. The molecule has 0 heterocycles. The Morgan fingerprint density at radius 3 is 2.41 bits per heavy atom. The van der Waals surface area contributed by atoms with Crippen molar-refractivity contribution >= 4 is 11.4 Å². The maximum Gasteiger partial charge on any atom is 0.269 e. The van der Waals surface area contributed by atoms with Crippen molar-refractivity contribution in [2.24, 2.45) is 0 Å². The summed E-state index contributed by atoms with van der Waals surface area (Å²) in [6, 6.07) is 12.3. The minimum Gasteiger partial charge on any atom is -0.398 e. The van der Waals surface area contributed by atoms with Crippen LogP contribution >= 0.6 is 0 Å². The van der Waals surface area contributed by atoms with E-state index in [1.54, 1.807) is 12.1 Å². The molecule has 0 spiro atoms. The van der Waals surface area contributed by atoms with Gasteiger partial charge in [0.05, 0.1) is 4.92 Å². The number of para-hydroxylation sites is 1. The first-order valence-electron chi connectivity index (χ1n) is 5.19. The van der Waals surface area contributed by atoms with Crippen molar-refractivity contribution in [3.63, 3.8) is 0 Å². The van der Waals surface area contributed by atoms with Crippen molar-refractivity contribution < 1.29 is 4.92 Å². The monoisotopic (exact) mass is 228 g/mol. The number of nitro groups is 1. The second-order valence-corrected chi connectivity index (χ2v) is 3.84. The quantitative estimate of drug-likeness (QED) is 0.487. The maximum atomic E-state index is 10.6. The highest BCUT2D eigenvalue weighted by Gasteiger charge is 2.10. The Morgan fingerprint density at radius 1 is 1.12 bits per heavy atom. The second kappa shape index (κ2) is 4.25. The third kappa shape index (κ3) is 2.10. The zero-order valence-electron chi connectivity index (χ0n) is 9.38. The third-order valence-corrected chi connectivity index (χ3v) is 2.67. The third-order valence-electron chi connectivity index (χ3n) is 2.67. The fraction of sp³-hybridized carbons (Fsp3) is 0.0769. The van der Waals surface area contributed by atoms with E-state index in [9.17, 15) is 10.1 Å². The van der Waals surface area contributed by atoms with Crippen molar-refractivity contribution in [1.82, 2.24) is 0 Å². The molecule has 2 rings (SSSR count). The summed E-state index contributed by atoms with van der Waals surface area (Å²) in [5.41, 5.74) is 9.33. The molecule has 2 aromatic rings. The molecular formula is C13H12N2O2. The van der Waals surface area contributed by atoms with Crippen LogP contribution in [0.1, 0.15) is 5.56 Å². The minimum atomic E-state index is -0.398. The summed E-state index contributed by atoms with van der Waals surface area (Å²) >= 11 is 0. The summed E-state index contributed by atoms with van der Waals surface area (Å²) in [5.74, 6) is 0. The van der Waals surface area contributed by atoms with E-state index in [1.807, 2.05) is 31.2 Å². The lowest BCUT2D eigenvalue weighted by Gasteiger charge is -2.08. The Hall–Kier alpha value is -2.36. The van der Waals surface area contributed by atoms with Gasteiger partial charge in [-0.25, -0.2) is 0 Å². The smallest absolute Gasteiger partial charge is 0.269 e. The summed E-state index contributed by atoms with van der Waals surface area (Å²) in [6.07, 6.45) is 0. The van der Waals surface area contributed by atoms with Gasteiger partial charge in [0, 0.05) is 23.4 Å². The van der Waals surface area contributed by atoms with Gasteiger partial charge in [0.15, 0.2) is 0 Å². The largest absolute Gasteiger partial charge is 0.398 e. The van der Waals surface area contributed by atoms with Crippen molar-refractivity contribution in [3.8, 4) is 11.1 Å². The van der Waals surface area contributed by atoms with Gasteiger partial charge >= 0.3 is 0 Å². The van der Waals surface area contributed by atoms with Crippen LogP contribution < -0.4 is 5.73 Å². The highest BCUT2D eigenvalue weighted by atomic mass is 16.6. The minimum absolute atomic E-state index is 0.0979. The van der Waals surface area contributed by atoms with Crippen molar-refractivity contribution in [2.75, 3.05) is 5.73 Å². The van der Waals surface area contributed by atoms with Gasteiger partial charge in [0.1, 0.15) is 0 Å². The number of aryl methyl sites for hydroxylation is 1. The predicted octanol–water partition coefficient (Wildman–Crippen LogP) is 3.15. The lowest BCUT2D eigenvalue weighted by molar-refractivity contribution is -0.384. The summed E-state index contributed by atoms with van der Waals surface area (Å²) < 4.78 is 0. The average molecular weight is 228 g/mol. The Balaban J connectivity index is 2.55. The van der Waals surface area contributed by atoms with E-state index in [4.69, 9.17) is 5.73 Å². The van der Waals surface area contributed by atoms with Gasteiger partial charge in [-0.2, -0.15) is 0 Å². The summed E-state index contributed by atoms with van der Waals surface area (Å²) in [4.78, 5) is 10.3. The molecule has 0 radical (unpaired) electrons. The van der Waals surface area contributed by atoms with Crippen LogP contribution in [0.5, 0.6) is 0 Å². The number of hydrogen-bond donors (Lipinski definition) is 1. The van der Waals surface area contributed by atoms with E-state index in [0.717, 1.165) is 16.7 Å². The van der Waals surface area contributed by atoms with Gasteiger partial charge in [-0.3, -0.25) is 10.1 Å². The van der Waals surface area contributed by atoms with E-state index >= 15 is 0 Å². The zero-order valence-corrected chi connectivity index (χ0v) is 9.38. The Bertz CT molecular complexity index is 579. The number of nitrogens with zero attached hydrogens (tertiary/aromatic N) is 1. The van der Waals surface area contributed by atoms with Crippen LogP contribution in [0.15, 0.2) is 42.5 Å². The van der Waals surface area contributed by atoms with Crippen LogP contribution in [0.2, 0.25) is 0 Å². The molecule has 0 unspecified atom stereocenters. The second-order valence-electron chi connectivity index (χ2n) is 3.84. The van der Waals surface area contributed by atoms with E-state index in [1.165, 1.54) is 6.07 Å². The first-order chi connectivity index (χ1) is 8.09. The lowest BCUT2D eigenvalue weighted by atomic mass is 9.99. The molecule has 0 bridgehead atoms. The average Bonchev–Trinajstić information content (AvgIpc) is 2.30. The highest BCUT2D eigenvalue weighted by Crippen LogP contribution is 2.30. The molecule has 4 heteroatoms. The first kappa shape index (κ1) is 11.1. The van der Waals surface area contributed by atoms with Crippen LogP contribution in [0.25, 0.3) is 11.1 Å². The molecule has 0 aliphatic rings. The molecular weight excluding hydrogens is 216 g/mol. The Kier molecular flexibility index (Phi) is 2.78. The number of rotatable bonds is 2. The predicted molar refractivity (Wildman–Crippen MR) is 67.7 cm³/mol. The van der Waals surface area contributed by atoms with E-state index in [0.29, 0.717) is 5.69 Å². The number of benzene rings is 2. The molecule has 17 heavy (non-hydrogen) atoms. The van der Waals surface area contributed by atoms with Gasteiger partial charge in [-0.15, -0.1) is 0 Å². The number of anilines is 1. The van der Waals surface area contributed by atoms with E-state index in [-0.39, 0.29) is 5.69 Å². The van der Waals surface area contributed by atoms with Crippen molar-refractivity contribution in [3.05, 3.63) is 58.1 Å². The van der Waals surface area contributed by atoms with Gasteiger partial charge < -0.3 is 5.73 Å². The van der Waals surface area contributed by atoms with Gasteiger partial charge in [0.25, 0.3) is 5.69 Å². The molecule has 2 aromatic carbocycles. The topological polar surface area (TPSA) is 69.2 Å². The molecule has 0 atom stereocenters. The van der Waals surface area contributed by atoms with Gasteiger partial charge in [0.2, 0.25) is 0 Å². The molecule has 0 amide bonds. The van der Waals surface area contributed by atoms with Gasteiger partial charge in [-0.05, 0) is 30.2 Å². The maximum absolute atomic E-state index is 10.6. The number of nitrogens with two attached hydrogens (primary N) is 1. The molecule has 0 aliphatic carbocycles. The fourth-order valence-electron chi connectivity index (χ4n) is 1.81. The van der Waals surface area contributed by atoms with E-state index in [2.05, 4.69) is 0 Å². The summed E-state index contributed by atoms with van der Waals surface area (Å²) in [6.45, 7) is 1.84.